The average molecular weight is 419 g/mol. The van der Waals surface area contributed by atoms with Crippen LogP contribution in [-0.4, -0.2) is 16.7 Å². The number of nitrogens with zero attached hydrogens (tertiary/aromatic N) is 2. The number of hydrogen-bond acceptors (Lipinski definition) is 3. The van der Waals surface area contributed by atoms with Crippen molar-refractivity contribution in [3.8, 4) is 0 Å². The number of aromatic nitrogens is 1. The highest BCUT2D eigenvalue weighted by atomic mass is 79.9. The molecule has 0 aliphatic rings. The van der Waals surface area contributed by atoms with Crippen molar-refractivity contribution in [2.75, 3.05) is 6.26 Å². The number of hydrogen-bond donors (Lipinski definition) is 0. The van der Waals surface area contributed by atoms with Crippen molar-refractivity contribution in [2.24, 2.45) is 4.99 Å². The minimum Gasteiger partial charge on any atom is -0.312 e. The zero-order valence-corrected chi connectivity index (χ0v) is 16.2. The third-order valence-electron chi connectivity index (χ3n) is 3.49. The van der Waals surface area contributed by atoms with Crippen LogP contribution in [0.1, 0.15) is 10.4 Å². The Kier molecular flexibility index (Phi) is 5.38. The van der Waals surface area contributed by atoms with Crippen molar-refractivity contribution < 1.29 is 4.79 Å². The first-order chi connectivity index (χ1) is 11.6. The first-order valence-electron chi connectivity index (χ1n) is 7.25. The largest absolute Gasteiger partial charge is 0.312 e. The Bertz CT molecular complexity index is 971. The van der Waals surface area contributed by atoms with Crippen LogP contribution in [0, 0.1) is 0 Å². The lowest BCUT2D eigenvalue weighted by Gasteiger charge is -2.01. The second-order valence-electron chi connectivity index (χ2n) is 5.04. The van der Waals surface area contributed by atoms with Crippen LogP contribution in [0.4, 0.5) is 0 Å². The lowest BCUT2D eigenvalue weighted by atomic mass is 10.2. The maximum Gasteiger partial charge on any atom is 0.279 e. The Morgan fingerprint density at radius 1 is 1.33 bits per heavy atom. The molecule has 0 N–H and O–H groups in total. The van der Waals surface area contributed by atoms with Crippen LogP contribution in [0.15, 0.2) is 69.5 Å². The summed E-state index contributed by atoms with van der Waals surface area (Å²) in [6, 6.07) is 13.6. The van der Waals surface area contributed by atoms with Gasteiger partial charge in [-0.05, 0) is 48.7 Å². The van der Waals surface area contributed by atoms with E-state index in [9.17, 15) is 4.79 Å². The van der Waals surface area contributed by atoms with Crippen LogP contribution < -0.4 is 4.80 Å². The van der Waals surface area contributed by atoms with Crippen molar-refractivity contribution in [1.29, 1.82) is 0 Å². The Balaban J connectivity index is 2.08. The molecule has 1 aromatic heterocycles. The molecule has 0 bridgehead atoms. The van der Waals surface area contributed by atoms with Gasteiger partial charge >= 0.3 is 0 Å². The van der Waals surface area contributed by atoms with Gasteiger partial charge in [-0.1, -0.05) is 33.3 Å². The molecule has 24 heavy (non-hydrogen) atoms. The van der Waals surface area contributed by atoms with Crippen molar-refractivity contribution >= 4 is 55.2 Å². The first kappa shape index (κ1) is 17.2. The molecule has 3 nitrogen and oxygen atoms in total. The maximum atomic E-state index is 12.5. The molecular formula is C18H15BrN2OS2. The summed E-state index contributed by atoms with van der Waals surface area (Å²) < 4.78 is 4.09. The van der Waals surface area contributed by atoms with Crippen molar-refractivity contribution in [3.05, 3.63) is 70.0 Å². The second-order valence-corrected chi connectivity index (χ2v) is 7.85. The molecular weight excluding hydrogens is 404 g/mol. The summed E-state index contributed by atoms with van der Waals surface area (Å²) in [5.41, 5.74) is 1.64. The molecule has 1 amide bonds. The molecule has 0 saturated carbocycles. The summed E-state index contributed by atoms with van der Waals surface area (Å²) >= 11 is 6.63. The monoisotopic (exact) mass is 418 g/mol. The molecule has 3 aromatic rings. The van der Waals surface area contributed by atoms with Crippen molar-refractivity contribution in [3.63, 3.8) is 0 Å². The third-order valence-corrected chi connectivity index (χ3v) is 5.77. The summed E-state index contributed by atoms with van der Waals surface area (Å²) in [5, 5.41) is 0. The molecule has 2 aromatic carbocycles. The van der Waals surface area contributed by atoms with Crippen LogP contribution in [0.5, 0.6) is 0 Å². The van der Waals surface area contributed by atoms with Crippen molar-refractivity contribution in [1.82, 2.24) is 4.57 Å². The molecule has 0 atom stereocenters. The van der Waals surface area contributed by atoms with Crippen LogP contribution >= 0.6 is 39.0 Å². The topological polar surface area (TPSA) is 34.4 Å². The average Bonchev–Trinajstić information content (AvgIpc) is 2.91. The van der Waals surface area contributed by atoms with E-state index in [-0.39, 0.29) is 5.91 Å². The van der Waals surface area contributed by atoms with Crippen LogP contribution in [0.3, 0.4) is 0 Å². The number of carbonyl (C=O) groups excluding carboxylic acids is 1. The van der Waals surface area contributed by atoms with E-state index < -0.39 is 0 Å². The molecule has 1 heterocycles. The lowest BCUT2D eigenvalue weighted by molar-refractivity contribution is 0.0998. The number of amides is 1. The molecule has 0 aliphatic carbocycles. The quantitative estimate of drug-likeness (QED) is 0.435. The Labute approximate surface area is 156 Å². The molecule has 0 saturated heterocycles. The van der Waals surface area contributed by atoms with E-state index in [0.29, 0.717) is 16.9 Å². The summed E-state index contributed by atoms with van der Waals surface area (Å²) in [4.78, 5) is 18.6. The fourth-order valence-electron chi connectivity index (χ4n) is 2.32. The number of thiazole rings is 1. The van der Waals surface area contributed by atoms with Gasteiger partial charge in [-0.3, -0.25) is 4.79 Å². The molecule has 0 radical (unpaired) electrons. The predicted octanol–water partition coefficient (Wildman–Crippen LogP) is 5.11. The second kappa shape index (κ2) is 7.51. The van der Waals surface area contributed by atoms with E-state index in [4.69, 9.17) is 0 Å². The van der Waals surface area contributed by atoms with Gasteiger partial charge in [0.25, 0.3) is 5.91 Å². The molecule has 0 fully saturated rings. The van der Waals surface area contributed by atoms with Crippen LogP contribution in [0.2, 0.25) is 0 Å². The zero-order chi connectivity index (χ0) is 17.1. The maximum absolute atomic E-state index is 12.5. The SMILES string of the molecule is C=CCn1c(=NC(=O)c2ccc(SC)cc2)sc2cc(Br)ccc21. The van der Waals surface area contributed by atoms with Crippen molar-refractivity contribution in [2.45, 2.75) is 11.4 Å². The van der Waals surface area contributed by atoms with Crippen LogP contribution in [-0.2, 0) is 6.54 Å². The van der Waals surface area contributed by atoms with E-state index in [0.717, 1.165) is 19.6 Å². The fraction of sp³-hybridized carbons (Fsp3) is 0.111. The molecule has 122 valence electrons. The Morgan fingerprint density at radius 3 is 2.75 bits per heavy atom. The highest BCUT2D eigenvalue weighted by Gasteiger charge is 2.09. The molecule has 6 heteroatoms. The fourth-order valence-corrected chi connectivity index (χ4v) is 4.32. The number of rotatable bonds is 4. The summed E-state index contributed by atoms with van der Waals surface area (Å²) in [6.45, 7) is 4.41. The molecule has 0 aliphatic heterocycles. The van der Waals surface area contributed by atoms with E-state index >= 15 is 0 Å². The minimum atomic E-state index is -0.230. The Hall–Kier alpha value is -1.63. The number of benzene rings is 2. The number of thioether (sulfide) groups is 1. The van der Waals surface area contributed by atoms with E-state index in [1.807, 2.05) is 59.4 Å². The van der Waals surface area contributed by atoms with E-state index in [1.165, 1.54) is 11.3 Å². The highest BCUT2D eigenvalue weighted by Crippen LogP contribution is 2.22. The summed E-state index contributed by atoms with van der Waals surface area (Å²) in [5.74, 6) is -0.230. The van der Waals surface area contributed by atoms with Gasteiger partial charge in [-0.25, -0.2) is 0 Å². The highest BCUT2D eigenvalue weighted by molar-refractivity contribution is 9.10. The van der Waals surface area contributed by atoms with Gasteiger partial charge in [0.05, 0.1) is 10.2 Å². The van der Waals surface area contributed by atoms with E-state index in [1.54, 1.807) is 11.8 Å². The third kappa shape index (κ3) is 3.55. The van der Waals surface area contributed by atoms with Gasteiger partial charge in [0.15, 0.2) is 4.80 Å². The Morgan fingerprint density at radius 2 is 2.08 bits per heavy atom. The van der Waals surface area contributed by atoms with Gasteiger partial charge in [-0.2, -0.15) is 4.99 Å². The van der Waals surface area contributed by atoms with Gasteiger partial charge < -0.3 is 4.57 Å². The molecule has 0 unspecified atom stereocenters. The molecule has 3 rings (SSSR count). The van der Waals surface area contributed by atoms with Crippen LogP contribution in [0.25, 0.3) is 10.2 Å². The van der Waals surface area contributed by atoms with Gasteiger partial charge in [0.2, 0.25) is 0 Å². The number of halogens is 1. The van der Waals surface area contributed by atoms with Gasteiger partial charge in [-0.15, -0.1) is 18.3 Å². The van der Waals surface area contributed by atoms with Gasteiger partial charge in [0.1, 0.15) is 0 Å². The summed E-state index contributed by atoms with van der Waals surface area (Å²) in [6.07, 6.45) is 3.82. The molecule has 0 spiro atoms. The number of carbonyl (C=O) groups is 1. The van der Waals surface area contributed by atoms with Gasteiger partial charge in [0, 0.05) is 21.5 Å². The van der Waals surface area contributed by atoms with E-state index in [2.05, 4.69) is 27.5 Å². The zero-order valence-electron chi connectivity index (χ0n) is 13.0. The number of allylic oxidation sites excluding steroid dienone is 1. The standard InChI is InChI=1S/C18H15BrN2OS2/c1-3-10-21-15-9-6-13(19)11-16(15)24-18(21)20-17(22)12-4-7-14(23-2)8-5-12/h3-9,11H,1,10H2,2H3. The number of fused-ring (bicyclic) bond motifs is 1. The first-order valence-corrected chi connectivity index (χ1v) is 10.1. The summed E-state index contributed by atoms with van der Waals surface area (Å²) in [7, 11) is 0. The normalized spacial score (nSPS) is 11.8. The minimum absolute atomic E-state index is 0.230. The smallest absolute Gasteiger partial charge is 0.279 e. The predicted molar refractivity (Wildman–Crippen MR) is 106 cm³/mol. The lowest BCUT2D eigenvalue weighted by Crippen LogP contribution is -2.16.